The van der Waals surface area contributed by atoms with Crippen LogP contribution in [0.3, 0.4) is 0 Å². The van der Waals surface area contributed by atoms with Gasteiger partial charge in [-0.05, 0) is 6.92 Å². The van der Waals surface area contributed by atoms with E-state index in [4.69, 9.17) is 9.97 Å². The van der Waals surface area contributed by atoms with E-state index in [1.807, 2.05) is 12.4 Å². The summed E-state index contributed by atoms with van der Waals surface area (Å²) in [6.45, 7) is 9.15. The first-order valence-electron chi connectivity index (χ1n) is 15.7. The van der Waals surface area contributed by atoms with Crippen molar-refractivity contribution < 1.29 is 21.2 Å². The predicted octanol–water partition coefficient (Wildman–Crippen LogP) is 1.26. The third-order valence-electron chi connectivity index (χ3n) is 9.88. The first-order valence-corrected chi connectivity index (χ1v) is 18.3. The van der Waals surface area contributed by atoms with Crippen LogP contribution in [0.2, 0.25) is 0 Å². The van der Waals surface area contributed by atoms with Crippen molar-refractivity contribution in [2.45, 2.75) is 83.2 Å². The van der Waals surface area contributed by atoms with Crippen LogP contribution in [0.25, 0.3) is 0 Å². The van der Waals surface area contributed by atoms with E-state index in [2.05, 4.69) is 55.9 Å². The van der Waals surface area contributed by atoms with Gasteiger partial charge < -0.3 is 0 Å². The van der Waals surface area contributed by atoms with Crippen LogP contribution in [-0.2, 0) is 0 Å². The van der Waals surface area contributed by atoms with Gasteiger partial charge in [0.25, 0.3) is 0 Å². The zero-order valence-corrected chi connectivity index (χ0v) is 26.8. The van der Waals surface area contributed by atoms with Crippen molar-refractivity contribution in [2.24, 2.45) is 11.8 Å². The van der Waals surface area contributed by atoms with Crippen molar-refractivity contribution in [1.29, 1.82) is 0 Å². The molecule has 0 aliphatic carbocycles. The number of halogens is 1. The zero-order valence-electron chi connectivity index (χ0n) is 24.6. The number of rotatable bonds is 9. The summed E-state index contributed by atoms with van der Waals surface area (Å²) in [5.41, 5.74) is 1.13. The molecule has 4 saturated heterocycles. The van der Waals surface area contributed by atoms with E-state index in [1.54, 1.807) is 0 Å². The topological polar surface area (TPSA) is 64.5 Å². The fourth-order valence-corrected chi connectivity index (χ4v) is 9.56. The second-order valence-electron chi connectivity index (χ2n) is 12.7. The molecular formula is C31H48IN8-. The van der Waals surface area contributed by atoms with Crippen molar-refractivity contribution in [3.8, 4) is 0 Å². The Morgan fingerprint density at radius 2 is 1.30 bits per heavy atom. The van der Waals surface area contributed by atoms with Gasteiger partial charge in [-0.15, -0.1) is 0 Å². The van der Waals surface area contributed by atoms with Crippen LogP contribution in [0, 0.1) is 22.3 Å². The van der Waals surface area contributed by atoms with E-state index >= 15 is 0 Å². The van der Waals surface area contributed by atoms with Crippen molar-refractivity contribution in [2.75, 3.05) is 60.7 Å². The molecule has 4 aliphatic rings. The number of anilines is 2. The molecule has 2 unspecified atom stereocenters. The molecule has 0 spiro atoms. The molecule has 8 nitrogen and oxygen atoms in total. The van der Waals surface area contributed by atoms with Gasteiger partial charge in [0.05, 0.1) is 0 Å². The first kappa shape index (κ1) is 28.5. The molecule has 4 fully saturated rings. The number of hydrogen-bond donors (Lipinski definition) is 0. The molecule has 6 heterocycles. The van der Waals surface area contributed by atoms with E-state index in [-0.39, 0.29) is 21.2 Å². The number of hydrogen-bond acceptors (Lipinski definition) is 8. The van der Waals surface area contributed by atoms with Crippen LogP contribution in [0.4, 0.5) is 11.9 Å². The third kappa shape index (κ3) is 7.24. The molecule has 2 aromatic rings. The molecule has 0 radical (unpaired) electrons. The summed E-state index contributed by atoms with van der Waals surface area (Å²) in [6, 6.07) is 1.43. The van der Waals surface area contributed by atoms with Crippen LogP contribution < -0.4 is 31.0 Å². The number of nitrogens with zero attached hydrogens (tertiary/aromatic N) is 8. The number of aryl methyl sites for hydroxylation is 1. The molecule has 220 valence electrons. The Kier molecular flexibility index (Phi) is 9.69. The maximum atomic E-state index is 4.81. The van der Waals surface area contributed by atoms with E-state index in [9.17, 15) is 0 Å². The van der Waals surface area contributed by atoms with Crippen molar-refractivity contribution in [3.05, 3.63) is 33.9 Å². The minimum absolute atomic E-state index is 0.0664. The van der Waals surface area contributed by atoms with Gasteiger partial charge in [0.1, 0.15) is 0 Å². The summed E-state index contributed by atoms with van der Waals surface area (Å²) >= 11 is -0.0664. The van der Waals surface area contributed by atoms with Crippen LogP contribution in [0.1, 0.15) is 69.8 Å². The molecule has 2 atom stereocenters. The van der Waals surface area contributed by atoms with Gasteiger partial charge in [0, 0.05) is 0 Å². The normalized spacial score (nSPS) is 25.9. The predicted molar refractivity (Wildman–Crippen MR) is 157 cm³/mol. The molecule has 0 amide bonds. The molecule has 0 bridgehead atoms. The molecule has 0 N–H and O–H groups in total. The van der Waals surface area contributed by atoms with E-state index in [0.717, 1.165) is 55.0 Å². The zero-order chi connectivity index (χ0) is 27.3. The summed E-state index contributed by atoms with van der Waals surface area (Å²) in [6.07, 6.45) is 21.4. The molecule has 0 aromatic carbocycles. The maximum absolute atomic E-state index is 4.81. The Morgan fingerprint density at radius 3 is 1.98 bits per heavy atom. The summed E-state index contributed by atoms with van der Waals surface area (Å²) in [5.74, 6) is 3.58. The van der Waals surface area contributed by atoms with Crippen LogP contribution >= 0.6 is 0 Å². The Morgan fingerprint density at radius 1 is 0.700 bits per heavy atom. The fourth-order valence-electron chi connectivity index (χ4n) is 7.33. The molecule has 6 rings (SSSR count). The molecule has 40 heavy (non-hydrogen) atoms. The standard InChI is InChI=1S/C31H48IN8/c1-24-19-33-31(34-20-24)40-12-4-6-29(40)18-25-7-13-38(14-8-25)23-32-27-21-35-30(36-22-27)39-15-9-26(10-16-39)17-28-5-3-11-37(28)2/h19-22,25-26,28-29H,3-18,23H2,1-2H3/q-1. The fraction of sp³-hybridized carbons (Fsp3) is 0.742. The summed E-state index contributed by atoms with van der Waals surface area (Å²) in [5, 5.41) is 0. The monoisotopic (exact) mass is 659 g/mol. The first-order chi connectivity index (χ1) is 19.6. The van der Waals surface area contributed by atoms with Gasteiger partial charge >= 0.3 is 246 Å². The van der Waals surface area contributed by atoms with Gasteiger partial charge in [-0.2, -0.15) is 0 Å². The SMILES string of the molecule is Cc1cnc(N2CCCC2CC2CCN(C[I-]c3cnc(N4CCC(CC5CCCN5C)CC4)nc3)CC2)nc1. The third-order valence-corrected chi connectivity index (χ3v) is 12.6. The van der Waals surface area contributed by atoms with Crippen molar-refractivity contribution >= 4 is 11.9 Å². The number of likely N-dealkylation sites (tertiary alicyclic amines) is 2. The molecule has 9 heteroatoms. The van der Waals surface area contributed by atoms with Gasteiger partial charge in [0.2, 0.25) is 0 Å². The number of alkyl halides is 1. The van der Waals surface area contributed by atoms with E-state index in [1.165, 1.54) is 92.0 Å². The van der Waals surface area contributed by atoms with E-state index in [0.29, 0.717) is 6.04 Å². The van der Waals surface area contributed by atoms with Gasteiger partial charge in [-0.1, -0.05) is 0 Å². The Bertz CT molecular complexity index is 1050. The summed E-state index contributed by atoms with van der Waals surface area (Å²) in [4.78, 5) is 29.0. The summed E-state index contributed by atoms with van der Waals surface area (Å²) in [7, 11) is 2.31. The van der Waals surface area contributed by atoms with Gasteiger partial charge in [-0.3, -0.25) is 0 Å². The minimum atomic E-state index is -0.0664. The number of aromatic nitrogens is 4. The molecule has 4 aliphatic heterocycles. The molecular weight excluding hydrogens is 611 g/mol. The van der Waals surface area contributed by atoms with Gasteiger partial charge in [0.15, 0.2) is 0 Å². The molecule has 2 aromatic heterocycles. The molecule has 0 saturated carbocycles. The Hall–Kier alpha value is -1.59. The van der Waals surface area contributed by atoms with Crippen molar-refractivity contribution in [3.63, 3.8) is 0 Å². The second kappa shape index (κ2) is 13.6. The van der Waals surface area contributed by atoms with Crippen LogP contribution in [0.15, 0.2) is 24.8 Å². The quantitative estimate of drug-likeness (QED) is 0.227. The Balaban J connectivity index is 0.897. The van der Waals surface area contributed by atoms with Gasteiger partial charge in [-0.25, -0.2) is 0 Å². The van der Waals surface area contributed by atoms with Crippen LogP contribution in [0.5, 0.6) is 0 Å². The van der Waals surface area contributed by atoms with E-state index < -0.39 is 0 Å². The van der Waals surface area contributed by atoms with Crippen LogP contribution in [-0.4, -0.2) is 92.7 Å². The average Bonchev–Trinajstić information content (AvgIpc) is 3.62. The average molecular weight is 660 g/mol. The summed E-state index contributed by atoms with van der Waals surface area (Å²) < 4.78 is 2.60. The number of piperidine rings is 2. The Labute approximate surface area is 251 Å². The second-order valence-corrected chi connectivity index (χ2v) is 15.4. The van der Waals surface area contributed by atoms with Crippen molar-refractivity contribution in [1.82, 2.24) is 29.7 Å².